The van der Waals surface area contributed by atoms with Crippen molar-refractivity contribution >= 4 is 5.71 Å². The summed E-state index contributed by atoms with van der Waals surface area (Å²) in [5.74, 6) is 0.511. The lowest BCUT2D eigenvalue weighted by atomic mass is 10.1. The second-order valence-electron chi connectivity index (χ2n) is 2.89. The Kier molecular flexibility index (Phi) is 4.79. The molecule has 0 amide bonds. The molecule has 0 bridgehead atoms. The van der Waals surface area contributed by atoms with E-state index in [4.69, 9.17) is 5.73 Å². The van der Waals surface area contributed by atoms with E-state index in [1.54, 1.807) is 0 Å². The summed E-state index contributed by atoms with van der Waals surface area (Å²) < 4.78 is 0. The van der Waals surface area contributed by atoms with Crippen molar-refractivity contribution in [3.8, 4) is 0 Å². The van der Waals surface area contributed by atoms with Crippen LogP contribution in [-0.2, 0) is 0 Å². The fourth-order valence-corrected chi connectivity index (χ4v) is 0.584. The predicted octanol–water partition coefficient (Wildman–Crippen LogP) is 1.97. The fraction of sp³-hybridized carbons (Fsp3) is 0.667. The van der Waals surface area contributed by atoms with Crippen LogP contribution >= 0.6 is 0 Å². The van der Waals surface area contributed by atoms with Gasteiger partial charge in [0.05, 0.1) is 0 Å². The van der Waals surface area contributed by atoms with Gasteiger partial charge < -0.3 is 5.73 Å². The summed E-state index contributed by atoms with van der Waals surface area (Å²) in [6, 6.07) is 0. The van der Waals surface area contributed by atoms with Gasteiger partial charge >= 0.3 is 0 Å². The Bertz CT molecular complexity index is 166. The highest BCUT2D eigenvalue weighted by atomic mass is 14.8. The van der Waals surface area contributed by atoms with Crippen LogP contribution in [0.1, 0.15) is 27.7 Å². The van der Waals surface area contributed by atoms with Crippen molar-refractivity contribution < 1.29 is 0 Å². The van der Waals surface area contributed by atoms with Gasteiger partial charge in [-0.05, 0) is 19.8 Å². The molecule has 11 heavy (non-hydrogen) atoms. The van der Waals surface area contributed by atoms with Crippen molar-refractivity contribution in [2.24, 2.45) is 16.6 Å². The summed E-state index contributed by atoms with van der Waals surface area (Å²) in [5.41, 5.74) is 7.57. The molecule has 0 saturated carbocycles. The summed E-state index contributed by atoms with van der Waals surface area (Å²) in [7, 11) is 0. The van der Waals surface area contributed by atoms with Crippen molar-refractivity contribution in [2.75, 3.05) is 6.54 Å². The van der Waals surface area contributed by atoms with Crippen molar-refractivity contribution in [1.82, 2.24) is 0 Å². The van der Waals surface area contributed by atoms with E-state index in [1.807, 2.05) is 19.9 Å². The molecule has 0 heterocycles. The topological polar surface area (TPSA) is 38.4 Å². The van der Waals surface area contributed by atoms with Crippen LogP contribution in [0.3, 0.4) is 0 Å². The van der Waals surface area contributed by atoms with Crippen LogP contribution in [-0.4, -0.2) is 12.3 Å². The van der Waals surface area contributed by atoms with Crippen molar-refractivity contribution in [3.05, 3.63) is 11.8 Å². The van der Waals surface area contributed by atoms with Gasteiger partial charge in [-0.2, -0.15) is 0 Å². The summed E-state index contributed by atoms with van der Waals surface area (Å²) >= 11 is 0. The van der Waals surface area contributed by atoms with Crippen molar-refractivity contribution in [1.29, 1.82) is 0 Å². The summed E-state index contributed by atoms with van der Waals surface area (Å²) in [6.07, 6.45) is 1.95. The lowest BCUT2D eigenvalue weighted by Gasteiger charge is -2.04. The standard InChI is InChI=1S/C9H18N2/c1-5-9(6-10)11-8(4)7(2)3/h5,7H,6,10H2,1-4H3/b9-5-,11-8?. The van der Waals surface area contributed by atoms with E-state index < -0.39 is 0 Å². The number of hydrogen-bond donors (Lipinski definition) is 1. The zero-order valence-corrected chi connectivity index (χ0v) is 7.89. The summed E-state index contributed by atoms with van der Waals surface area (Å²) in [5, 5.41) is 0. The van der Waals surface area contributed by atoms with Crippen LogP contribution in [0.25, 0.3) is 0 Å². The number of allylic oxidation sites excluding steroid dienone is 1. The minimum absolute atomic E-state index is 0.511. The molecule has 0 aromatic rings. The van der Waals surface area contributed by atoms with Crippen LogP contribution in [0.15, 0.2) is 16.8 Å². The van der Waals surface area contributed by atoms with Gasteiger partial charge in [0, 0.05) is 18.0 Å². The number of nitrogens with two attached hydrogens (primary N) is 1. The molecule has 0 atom stereocenters. The molecule has 0 aromatic heterocycles. The van der Waals surface area contributed by atoms with Crippen LogP contribution in [0.2, 0.25) is 0 Å². The third-order valence-corrected chi connectivity index (χ3v) is 1.70. The first kappa shape index (κ1) is 10.4. The molecule has 0 radical (unpaired) electrons. The van der Waals surface area contributed by atoms with Gasteiger partial charge in [-0.25, -0.2) is 0 Å². The first-order chi connectivity index (χ1) is 5.11. The second-order valence-corrected chi connectivity index (χ2v) is 2.89. The molecular weight excluding hydrogens is 136 g/mol. The number of nitrogens with zero attached hydrogens (tertiary/aromatic N) is 1. The summed E-state index contributed by atoms with van der Waals surface area (Å²) in [4.78, 5) is 4.37. The van der Waals surface area contributed by atoms with Crippen LogP contribution in [0.5, 0.6) is 0 Å². The minimum atomic E-state index is 0.511. The molecule has 2 N–H and O–H groups in total. The zero-order valence-electron chi connectivity index (χ0n) is 7.89. The van der Waals surface area contributed by atoms with E-state index in [1.165, 1.54) is 0 Å². The normalized spacial score (nSPS) is 14.4. The van der Waals surface area contributed by atoms with Crippen LogP contribution in [0, 0.1) is 5.92 Å². The Morgan fingerprint density at radius 1 is 1.55 bits per heavy atom. The maximum absolute atomic E-state index is 5.46. The third kappa shape index (κ3) is 3.94. The van der Waals surface area contributed by atoms with Crippen LogP contribution in [0.4, 0.5) is 0 Å². The molecule has 0 rings (SSSR count). The van der Waals surface area contributed by atoms with E-state index in [2.05, 4.69) is 18.8 Å². The quantitative estimate of drug-likeness (QED) is 0.620. The zero-order chi connectivity index (χ0) is 8.85. The lowest BCUT2D eigenvalue weighted by molar-refractivity contribution is 0.872. The minimum Gasteiger partial charge on any atom is -0.325 e. The Hall–Kier alpha value is -0.630. The van der Waals surface area contributed by atoms with E-state index in [9.17, 15) is 0 Å². The smallest absolute Gasteiger partial charge is 0.0496 e. The van der Waals surface area contributed by atoms with Gasteiger partial charge in [0.1, 0.15) is 0 Å². The molecule has 0 saturated heterocycles. The maximum atomic E-state index is 5.46. The monoisotopic (exact) mass is 154 g/mol. The van der Waals surface area contributed by atoms with Gasteiger partial charge in [0.2, 0.25) is 0 Å². The summed E-state index contributed by atoms with van der Waals surface area (Å²) in [6.45, 7) is 8.77. The van der Waals surface area contributed by atoms with Gasteiger partial charge in [-0.15, -0.1) is 0 Å². The van der Waals surface area contributed by atoms with Crippen LogP contribution < -0.4 is 5.73 Å². The number of aliphatic imine (C=N–C) groups is 1. The predicted molar refractivity (Wildman–Crippen MR) is 50.8 cm³/mol. The van der Waals surface area contributed by atoms with E-state index in [0.717, 1.165) is 11.4 Å². The number of hydrogen-bond acceptors (Lipinski definition) is 2. The van der Waals surface area contributed by atoms with E-state index >= 15 is 0 Å². The van der Waals surface area contributed by atoms with Gasteiger partial charge in [0.15, 0.2) is 0 Å². The van der Waals surface area contributed by atoms with Gasteiger partial charge in [-0.3, -0.25) is 4.99 Å². The largest absolute Gasteiger partial charge is 0.325 e. The molecule has 2 heteroatoms. The molecular formula is C9H18N2. The Morgan fingerprint density at radius 3 is 2.36 bits per heavy atom. The van der Waals surface area contributed by atoms with Crippen molar-refractivity contribution in [3.63, 3.8) is 0 Å². The van der Waals surface area contributed by atoms with Crippen molar-refractivity contribution in [2.45, 2.75) is 27.7 Å². The van der Waals surface area contributed by atoms with Gasteiger partial charge in [-0.1, -0.05) is 19.9 Å². The molecule has 2 nitrogen and oxygen atoms in total. The average Bonchev–Trinajstić information content (AvgIpc) is 1.99. The second kappa shape index (κ2) is 5.08. The van der Waals surface area contributed by atoms with E-state index in [-0.39, 0.29) is 0 Å². The lowest BCUT2D eigenvalue weighted by Crippen LogP contribution is -2.07. The molecule has 0 fully saturated rings. The number of rotatable bonds is 3. The first-order valence-electron chi connectivity index (χ1n) is 4.02. The van der Waals surface area contributed by atoms with E-state index in [0.29, 0.717) is 12.5 Å². The Labute approximate surface area is 69.2 Å². The third-order valence-electron chi connectivity index (χ3n) is 1.70. The SMILES string of the molecule is C/C=C(/CN)N=C(C)C(C)C. The fourth-order valence-electron chi connectivity index (χ4n) is 0.584. The molecule has 0 aliphatic rings. The highest BCUT2D eigenvalue weighted by Gasteiger charge is 1.97. The Morgan fingerprint density at radius 2 is 2.09 bits per heavy atom. The molecule has 0 unspecified atom stereocenters. The maximum Gasteiger partial charge on any atom is 0.0496 e. The first-order valence-corrected chi connectivity index (χ1v) is 4.02. The average molecular weight is 154 g/mol. The molecule has 0 aliphatic heterocycles. The molecule has 64 valence electrons. The highest BCUT2D eigenvalue weighted by molar-refractivity contribution is 5.84. The highest BCUT2D eigenvalue weighted by Crippen LogP contribution is 2.01. The molecule has 0 spiro atoms. The molecule has 0 aliphatic carbocycles. The Balaban J connectivity index is 4.28. The van der Waals surface area contributed by atoms with Gasteiger partial charge in [0.25, 0.3) is 0 Å². The molecule has 0 aromatic carbocycles.